The molecule has 0 atom stereocenters. The minimum atomic E-state index is -0.411. The molecular weight excluding hydrogens is 130 g/mol. The standard InChI is InChI=1S/C6H7N3O/c1-4(10)5-6(7)9-3-2-8-5/h2-3,10H,1H2,(H2,7,9)/p-1. The van der Waals surface area contributed by atoms with Crippen molar-refractivity contribution in [2.24, 2.45) is 0 Å². The van der Waals surface area contributed by atoms with E-state index in [9.17, 15) is 5.11 Å². The molecule has 0 saturated heterocycles. The van der Waals surface area contributed by atoms with Gasteiger partial charge in [-0.3, -0.25) is 4.98 Å². The maximum Gasteiger partial charge on any atom is 0.148 e. The normalized spacial score (nSPS) is 9.20. The van der Waals surface area contributed by atoms with Gasteiger partial charge in [0.05, 0.1) is 5.69 Å². The van der Waals surface area contributed by atoms with Crippen LogP contribution in [0, 0.1) is 0 Å². The fourth-order valence-corrected chi connectivity index (χ4v) is 0.564. The predicted molar refractivity (Wildman–Crippen MR) is 35.5 cm³/mol. The van der Waals surface area contributed by atoms with Crippen molar-refractivity contribution in [2.45, 2.75) is 0 Å². The van der Waals surface area contributed by atoms with Crippen molar-refractivity contribution >= 4 is 11.6 Å². The average Bonchev–Trinajstić information content (AvgIpc) is 1.88. The smallest absolute Gasteiger partial charge is 0.148 e. The van der Waals surface area contributed by atoms with Crippen LogP contribution in [-0.4, -0.2) is 9.97 Å². The molecule has 0 unspecified atom stereocenters. The van der Waals surface area contributed by atoms with Crippen LogP contribution >= 0.6 is 0 Å². The first-order chi connectivity index (χ1) is 4.72. The van der Waals surface area contributed by atoms with Crippen molar-refractivity contribution in [3.8, 4) is 0 Å². The molecule has 0 aliphatic rings. The second-order valence-corrected chi connectivity index (χ2v) is 1.71. The molecular formula is C6H6N3O-. The van der Waals surface area contributed by atoms with Crippen molar-refractivity contribution < 1.29 is 5.11 Å². The summed E-state index contributed by atoms with van der Waals surface area (Å²) in [6, 6.07) is 0. The van der Waals surface area contributed by atoms with Gasteiger partial charge in [0.25, 0.3) is 0 Å². The van der Waals surface area contributed by atoms with Crippen LogP contribution in [0.25, 0.3) is 5.76 Å². The van der Waals surface area contributed by atoms with Gasteiger partial charge in [-0.05, 0) is 0 Å². The van der Waals surface area contributed by atoms with E-state index in [1.165, 1.54) is 12.4 Å². The summed E-state index contributed by atoms with van der Waals surface area (Å²) in [5, 5.41) is 10.6. The first-order valence-electron chi connectivity index (χ1n) is 2.64. The Hall–Kier alpha value is -1.58. The molecule has 0 saturated carbocycles. The lowest BCUT2D eigenvalue weighted by Gasteiger charge is -2.08. The Kier molecular flexibility index (Phi) is 1.53. The molecule has 52 valence electrons. The van der Waals surface area contributed by atoms with Gasteiger partial charge in [-0.1, -0.05) is 5.76 Å². The molecule has 1 aromatic rings. The van der Waals surface area contributed by atoms with Crippen LogP contribution in [0.15, 0.2) is 19.0 Å². The zero-order valence-electron chi connectivity index (χ0n) is 5.24. The van der Waals surface area contributed by atoms with Crippen molar-refractivity contribution in [3.05, 3.63) is 24.7 Å². The average molecular weight is 136 g/mol. The van der Waals surface area contributed by atoms with Gasteiger partial charge >= 0.3 is 0 Å². The van der Waals surface area contributed by atoms with Crippen molar-refractivity contribution in [3.63, 3.8) is 0 Å². The molecule has 4 nitrogen and oxygen atoms in total. The zero-order valence-corrected chi connectivity index (χ0v) is 5.24. The first-order valence-corrected chi connectivity index (χ1v) is 2.64. The van der Waals surface area contributed by atoms with Crippen LogP contribution in [0.4, 0.5) is 5.82 Å². The van der Waals surface area contributed by atoms with Gasteiger partial charge in [0.15, 0.2) is 0 Å². The molecule has 1 heterocycles. The number of nitrogen functional groups attached to an aromatic ring is 1. The van der Waals surface area contributed by atoms with Gasteiger partial charge in [0.1, 0.15) is 5.82 Å². The van der Waals surface area contributed by atoms with Crippen molar-refractivity contribution in [1.29, 1.82) is 0 Å². The number of nitrogens with two attached hydrogens (primary N) is 1. The molecule has 2 N–H and O–H groups in total. The molecule has 1 aromatic heterocycles. The maximum atomic E-state index is 10.6. The van der Waals surface area contributed by atoms with E-state index in [1.807, 2.05) is 0 Å². The third kappa shape index (κ3) is 1.05. The SMILES string of the molecule is C=C([O-])c1nccnc1N. The lowest BCUT2D eigenvalue weighted by molar-refractivity contribution is -0.243. The molecule has 0 amide bonds. The minimum absolute atomic E-state index is 0.127. The van der Waals surface area contributed by atoms with Crippen LogP contribution in [-0.2, 0) is 0 Å². The Morgan fingerprint density at radius 3 is 2.50 bits per heavy atom. The number of hydrogen-bond acceptors (Lipinski definition) is 4. The monoisotopic (exact) mass is 136 g/mol. The molecule has 0 fully saturated rings. The fourth-order valence-electron chi connectivity index (χ4n) is 0.564. The van der Waals surface area contributed by atoms with Crippen molar-refractivity contribution in [1.82, 2.24) is 9.97 Å². The number of anilines is 1. The van der Waals surface area contributed by atoms with Gasteiger partial charge in [-0.25, -0.2) is 4.98 Å². The molecule has 4 heteroatoms. The second kappa shape index (κ2) is 2.34. The van der Waals surface area contributed by atoms with Gasteiger partial charge in [-0.2, -0.15) is 0 Å². The lowest BCUT2D eigenvalue weighted by Crippen LogP contribution is -2.06. The van der Waals surface area contributed by atoms with E-state index in [0.29, 0.717) is 0 Å². The third-order valence-electron chi connectivity index (χ3n) is 0.991. The highest BCUT2D eigenvalue weighted by molar-refractivity contribution is 5.60. The van der Waals surface area contributed by atoms with Crippen LogP contribution in [0.3, 0.4) is 0 Å². The van der Waals surface area contributed by atoms with E-state index in [4.69, 9.17) is 5.73 Å². The number of hydrogen-bond donors (Lipinski definition) is 1. The summed E-state index contributed by atoms with van der Waals surface area (Å²) in [6.45, 7) is 3.15. The van der Waals surface area contributed by atoms with E-state index < -0.39 is 5.76 Å². The first kappa shape index (κ1) is 6.54. The highest BCUT2D eigenvalue weighted by atomic mass is 16.3. The molecule has 0 aliphatic heterocycles. The van der Waals surface area contributed by atoms with Gasteiger partial charge in [-0.15, -0.1) is 6.58 Å². The summed E-state index contributed by atoms with van der Waals surface area (Å²) in [7, 11) is 0. The second-order valence-electron chi connectivity index (χ2n) is 1.71. The predicted octanol–water partition coefficient (Wildman–Crippen LogP) is -0.610. The Bertz CT molecular complexity index is 259. The summed E-state index contributed by atoms with van der Waals surface area (Å²) in [5.41, 5.74) is 5.41. The Morgan fingerprint density at radius 1 is 1.50 bits per heavy atom. The molecule has 0 aromatic carbocycles. The third-order valence-corrected chi connectivity index (χ3v) is 0.991. The minimum Gasteiger partial charge on any atom is -0.871 e. The molecule has 1 rings (SSSR count). The highest BCUT2D eigenvalue weighted by Gasteiger charge is 1.94. The zero-order chi connectivity index (χ0) is 7.56. The van der Waals surface area contributed by atoms with Crippen LogP contribution in [0.2, 0.25) is 0 Å². The van der Waals surface area contributed by atoms with Crippen molar-refractivity contribution in [2.75, 3.05) is 5.73 Å². The Labute approximate surface area is 58.0 Å². The molecule has 10 heavy (non-hydrogen) atoms. The molecule has 0 bridgehead atoms. The van der Waals surface area contributed by atoms with Gasteiger partial charge in [0, 0.05) is 12.4 Å². The van der Waals surface area contributed by atoms with E-state index in [1.54, 1.807) is 0 Å². The van der Waals surface area contributed by atoms with Crippen LogP contribution < -0.4 is 10.8 Å². The summed E-state index contributed by atoms with van der Waals surface area (Å²) in [5.74, 6) is -0.284. The van der Waals surface area contributed by atoms with Crippen LogP contribution in [0.1, 0.15) is 5.69 Å². The van der Waals surface area contributed by atoms with Gasteiger partial charge < -0.3 is 10.8 Å². The quantitative estimate of drug-likeness (QED) is 0.522. The molecule has 0 spiro atoms. The molecule has 0 aliphatic carbocycles. The van der Waals surface area contributed by atoms with E-state index in [-0.39, 0.29) is 11.5 Å². The lowest BCUT2D eigenvalue weighted by atomic mass is 10.4. The number of rotatable bonds is 1. The Morgan fingerprint density at radius 2 is 2.10 bits per heavy atom. The van der Waals surface area contributed by atoms with Crippen LogP contribution in [0.5, 0.6) is 0 Å². The van der Waals surface area contributed by atoms with E-state index in [0.717, 1.165) is 0 Å². The van der Waals surface area contributed by atoms with E-state index in [2.05, 4.69) is 16.5 Å². The van der Waals surface area contributed by atoms with E-state index >= 15 is 0 Å². The summed E-state index contributed by atoms with van der Waals surface area (Å²) >= 11 is 0. The molecule has 0 radical (unpaired) electrons. The fraction of sp³-hybridized carbons (Fsp3) is 0. The van der Waals surface area contributed by atoms with Gasteiger partial charge in [0.2, 0.25) is 0 Å². The summed E-state index contributed by atoms with van der Waals surface area (Å²) in [4.78, 5) is 7.33. The number of nitrogens with zero attached hydrogens (tertiary/aromatic N) is 2. The summed E-state index contributed by atoms with van der Waals surface area (Å²) in [6.07, 6.45) is 2.82. The number of aromatic nitrogens is 2. The largest absolute Gasteiger partial charge is 0.871 e. The summed E-state index contributed by atoms with van der Waals surface area (Å²) < 4.78 is 0. The topological polar surface area (TPSA) is 74.9 Å². The Balaban J connectivity index is 3.15. The maximum absolute atomic E-state index is 10.6. The highest BCUT2D eigenvalue weighted by Crippen LogP contribution is 2.07.